The fourth-order valence-corrected chi connectivity index (χ4v) is 3.93. The van der Waals surface area contributed by atoms with E-state index in [2.05, 4.69) is 5.32 Å². The van der Waals surface area contributed by atoms with Crippen LogP contribution in [-0.4, -0.2) is 39.0 Å². The molecule has 0 spiro atoms. The van der Waals surface area contributed by atoms with E-state index in [0.29, 0.717) is 43.2 Å². The third-order valence-electron chi connectivity index (χ3n) is 3.94. The van der Waals surface area contributed by atoms with E-state index in [9.17, 15) is 13.2 Å². The summed E-state index contributed by atoms with van der Waals surface area (Å²) in [5.74, 6) is 0.0519. The number of anilines is 1. The molecule has 6 nitrogen and oxygen atoms in total. The Morgan fingerprint density at radius 3 is 2.50 bits per heavy atom. The second-order valence-corrected chi connectivity index (χ2v) is 8.27. The van der Waals surface area contributed by atoms with Crippen molar-refractivity contribution in [3.8, 4) is 11.5 Å². The van der Waals surface area contributed by atoms with Crippen molar-refractivity contribution in [2.24, 2.45) is 0 Å². The minimum atomic E-state index is -3.46. The lowest BCUT2D eigenvalue weighted by Gasteiger charge is -2.19. The Hall–Kier alpha value is -2.54. The van der Waals surface area contributed by atoms with Gasteiger partial charge in [-0.3, -0.25) is 4.79 Å². The summed E-state index contributed by atoms with van der Waals surface area (Å²) in [6.07, 6.45) is 1.16. The van der Waals surface area contributed by atoms with Crippen molar-refractivity contribution in [3.05, 3.63) is 54.1 Å². The van der Waals surface area contributed by atoms with Crippen molar-refractivity contribution < 1.29 is 22.7 Å². The number of sulfone groups is 1. The number of carbonyl (C=O) groups excluding carboxylic acids is 1. The number of hydrogen-bond donors (Lipinski definition) is 1. The fraction of sp³-hybridized carbons (Fsp3) is 0.316. The van der Waals surface area contributed by atoms with Gasteiger partial charge < -0.3 is 14.8 Å². The SMILES string of the molecule is O=C(CS(=O)(=O)CCCc1ccccc1)Nc1ccc2c(c1)OCCO2. The zero-order valence-electron chi connectivity index (χ0n) is 14.3. The average Bonchev–Trinajstić information content (AvgIpc) is 2.62. The number of benzene rings is 2. The summed E-state index contributed by atoms with van der Waals surface area (Å²) in [6, 6.07) is 14.7. The molecule has 1 aliphatic heterocycles. The molecule has 2 aromatic carbocycles. The van der Waals surface area contributed by atoms with Crippen LogP contribution in [0.4, 0.5) is 5.69 Å². The summed E-state index contributed by atoms with van der Waals surface area (Å²) in [4.78, 5) is 12.1. The molecule has 0 aliphatic carbocycles. The average molecular weight is 375 g/mol. The van der Waals surface area contributed by atoms with Crippen molar-refractivity contribution in [3.63, 3.8) is 0 Å². The van der Waals surface area contributed by atoms with Crippen LogP contribution in [0, 0.1) is 0 Å². The third kappa shape index (κ3) is 5.23. The van der Waals surface area contributed by atoms with Gasteiger partial charge in [0.15, 0.2) is 21.3 Å². The van der Waals surface area contributed by atoms with E-state index in [4.69, 9.17) is 9.47 Å². The highest BCUT2D eigenvalue weighted by Gasteiger charge is 2.18. The molecule has 0 radical (unpaired) electrons. The first-order chi connectivity index (χ1) is 12.5. The lowest BCUT2D eigenvalue weighted by molar-refractivity contribution is -0.113. The van der Waals surface area contributed by atoms with Gasteiger partial charge in [-0.2, -0.15) is 0 Å². The van der Waals surface area contributed by atoms with Crippen LogP contribution in [0.3, 0.4) is 0 Å². The second-order valence-electron chi connectivity index (χ2n) is 6.09. The van der Waals surface area contributed by atoms with Crippen LogP contribution >= 0.6 is 0 Å². The van der Waals surface area contributed by atoms with Crippen LogP contribution in [0.15, 0.2) is 48.5 Å². The Balaban J connectivity index is 1.50. The number of fused-ring (bicyclic) bond motifs is 1. The second kappa shape index (κ2) is 8.23. The quantitative estimate of drug-likeness (QED) is 0.804. The van der Waals surface area contributed by atoms with Gasteiger partial charge in [-0.05, 0) is 30.5 Å². The van der Waals surface area contributed by atoms with Crippen LogP contribution < -0.4 is 14.8 Å². The van der Waals surface area contributed by atoms with Crippen molar-refractivity contribution in [1.29, 1.82) is 0 Å². The lowest BCUT2D eigenvalue weighted by Crippen LogP contribution is -2.25. The van der Waals surface area contributed by atoms with E-state index in [1.165, 1.54) is 0 Å². The smallest absolute Gasteiger partial charge is 0.239 e. The van der Waals surface area contributed by atoms with Gasteiger partial charge in [0.05, 0.1) is 5.75 Å². The zero-order valence-corrected chi connectivity index (χ0v) is 15.1. The maximum atomic E-state index is 12.1. The number of nitrogens with one attached hydrogen (secondary N) is 1. The molecule has 3 rings (SSSR count). The van der Waals surface area contributed by atoms with Crippen molar-refractivity contribution >= 4 is 21.4 Å². The van der Waals surface area contributed by atoms with Crippen molar-refractivity contribution in [2.45, 2.75) is 12.8 Å². The first kappa shape index (κ1) is 18.3. The highest BCUT2D eigenvalue weighted by Crippen LogP contribution is 2.32. The van der Waals surface area contributed by atoms with Gasteiger partial charge in [0.2, 0.25) is 5.91 Å². The maximum Gasteiger partial charge on any atom is 0.239 e. The standard InChI is InChI=1S/C19H21NO5S/c21-19(20-16-8-9-17-18(13-16)25-11-10-24-17)14-26(22,23)12-4-7-15-5-2-1-3-6-15/h1-3,5-6,8-9,13H,4,7,10-12,14H2,(H,20,21). The van der Waals surface area contributed by atoms with Gasteiger partial charge in [0.25, 0.3) is 0 Å². The van der Waals surface area contributed by atoms with E-state index in [0.717, 1.165) is 5.56 Å². The minimum absolute atomic E-state index is 0.0174. The maximum absolute atomic E-state index is 12.1. The van der Waals surface area contributed by atoms with E-state index >= 15 is 0 Å². The molecule has 0 bridgehead atoms. The molecule has 7 heteroatoms. The number of hydrogen-bond acceptors (Lipinski definition) is 5. The Labute approximate surface area is 153 Å². The summed E-state index contributed by atoms with van der Waals surface area (Å²) < 4.78 is 35.2. The van der Waals surface area contributed by atoms with Crippen molar-refractivity contribution in [2.75, 3.05) is 30.0 Å². The largest absolute Gasteiger partial charge is 0.486 e. The topological polar surface area (TPSA) is 81.7 Å². The van der Waals surface area contributed by atoms with Crippen LogP contribution in [-0.2, 0) is 21.1 Å². The van der Waals surface area contributed by atoms with Crippen LogP contribution in [0.25, 0.3) is 0 Å². The van der Waals surface area contributed by atoms with E-state index in [-0.39, 0.29) is 5.75 Å². The number of ether oxygens (including phenoxy) is 2. The molecular formula is C19H21NO5S. The highest BCUT2D eigenvalue weighted by molar-refractivity contribution is 7.92. The fourth-order valence-electron chi connectivity index (χ4n) is 2.73. The van der Waals surface area contributed by atoms with Gasteiger partial charge in [-0.15, -0.1) is 0 Å². The van der Waals surface area contributed by atoms with E-state index < -0.39 is 21.5 Å². The molecule has 0 aromatic heterocycles. The summed E-state index contributed by atoms with van der Waals surface area (Å²) in [5.41, 5.74) is 1.57. The molecule has 26 heavy (non-hydrogen) atoms. The number of rotatable bonds is 7. The number of carbonyl (C=O) groups is 1. The Kier molecular flexibility index (Phi) is 5.78. The molecule has 0 atom stereocenters. The van der Waals surface area contributed by atoms with Gasteiger partial charge in [-0.1, -0.05) is 30.3 Å². The monoisotopic (exact) mass is 375 g/mol. The predicted octanol–water partition coefficient (Wildman–Crippen LogP) is 2.44. The molecule has 0 fully saturated rings. The molecule has 1 amide bonds. The van der Waals surface area contributed by atoms with Gasteiger partial charge in [0, 0.05) is 11.8 Å². The van der Waals surface area contributed by atoms with Gasteiger partial charge in [-0.25, -0.2) is 8.42 Å². The van der Waals surface area contributed by atoms with Crippen LogP contribution in [0.5, 0.6) is 11.5 Å². The first-order valence-corrected chi connectivity index (χ1v) is 10.3. The molecule has 2 aromatic rings. The zero-order chi connectivity index (χ0) is 18.4. The Morgan fingerprint density at radius 1 is 1.00 bits per heavy atom. The summed E-state index contributed by atoms with van der Waals surface area (Å²) in [7, 11) is -3.46. The highest BCUT2D eigenvalue weighted by atomic mass is 32.2. The summed E-state index contributed by atoms with van der Waals surface area (Å²) >= 11 is 0. The molecule has 138 valence electrons. The molecule has 0 saturated heterocycles. The Morgan fingerprint density at radius 2 is 1.73 bits per heavy atom. The number of amides is 1. The summed E-state index contributed by atoms with van der Waals surface area (Å²) in [5, 5.41) is 2.60. The molecular weight excluding hydrogens is 354 g/mol. The number of aryl methyl sites for hydroxylation is 1. The molecule has 1 aliphatic rings. The van der Waals surface area contributed by atoms with E-state index in [1.807, 2.05) is 30.3 Å². The molecule has 0 unspecified atom stereocenters. The van der Waals surface area contributed by atoms with E-state index in [1.54, 1.807) is 18.2 Å². The van der Waals surface area contributed by atoms with Crippen LogP contribution in [0.2, 0.25) is 0 Å². The lowest BCUT2D eigenvalue weighted by atomic mass is 10.1. The first-order valence-electron chi connectivity index (χ1n) is 8.46. The minimum Gasteiger partial charge on any atom is -0.486 e. The normalized spacial score (nSPS) is 13.2. The Bertz CT molecular complexity index is 865. The molecule has 0 saturated carbocycles. The van der Waals surface area contributed by atoms with Crippen LogP contribution in [0.1, 0.15) is 12.0 Å². The van der Waals surface area contributed by atoms with Crippen molar-refractivity contribution in [1.82, 2.24) is 0 Å². The van der Waals surface area contributed by atoms with Gasteiger partial charge >= 0.3 is 0 Å². The predicted molar refractivity (Wildman–Crippen MR) is 99.5 cm³/mol. The third-order valence-corrected chi connectivity index (χ3v) is 5.55. The van der Waals surface area contributed by atoms with Gasteiger partial charge in [0.1, 0.15) is 19.0 Å². The molecule has 1 heterocycles. The molecule has 1 N–H and O–H groups in total. The summed E-state index contributed by atoms with van der Waals surface area (Å²) in [6.45, 7) is 0.931.